The predicted molar refractivity (Wildman–Crippen MR) is 106 cm³/mol. The summed E-state index contributed by atoms with van der Waals surface area (Å²) < 4.78 is 28.1. The first-order valence-corrected chi connectivity index (χ1v) is 10.8. The Balaban J connectivity index is 1.68. The molecule has 3 rings (SSSR count). The zero-order chi connectivity index (χ0) is 18.7. The molecule has 0 fully saturated rings. The van der Waals surface area contributed by atoms with Crippen molar-refractivity contribution in [2.45, 2.75) is 38.5 Å². The molecule has 1 aromatic carbocycles. The van der Waals surface area contributed by atoms with Gasteiger partial charge in [-0.05, 0) is 50.8 Å². The van der Waals surface area contributed by atoms with Crippen LogP contribution in [0.25, 0.3) is 10.6 Å². The molecule has 2 aromatic heterocycles. The van der Waals surface area contributed by atoms with Crippen molar-refractivity contribution in [2.24, 2.45) is 0 Å². The highest BCUT2D eigenvalue weighted by Gasteiger charge is 2.21. The van der Waals surface area contributed by atoms with E-state index in [1.165, 1.54) is 16.9 Å². The lowest BCUT2D eigenvalue weighted by Gasteiger charge is -2.06. The van der Waals surface area contributed by atoms with E-state index in [-0.39, 0.29) is 0 Å². The Morgan fingerprint density at radius 3 is 2.54 bits per heavy atom. The fourth-order valence-corrected chi connectivity index (χ4v) is 5.51. The molecule has 0 saturated carbocycles. The van der Waals surface area contributed by atoms with Gasteiger partial charge in [-0.2, -0.15) is 5.10 Å². The van der Waals surface area contributed by atoms with Crippen LogP contribution in [0, 0.1) is 20.8 Å². The van der Waals surface area contributed by atoms with Crippen molar-refractivity contribution in [2.75, 3.05) is 6.54 Å². The largest absolute Gasteiger partial charge is 0.282 e. The minimum Gasteiger partial charge on any atom is -0.282 e. The first-order valence-electron chi connectivity index (χ1n) is 8.54. The number of hydrogen-bond donors (Lipinski definition) is 2. The van der Waals surface area contributed by atoms with E-state index in [0.717, 1.165) is 39.5 Å². The third-order valence-electron chi connectivity index (χ3n) is 4.43. The summed E-state index contributed by atoms with van der Waals surface area (Å²) in [5, 5.41) is 7.25. The molecule has 3 aromatic rings. The Morgan fingerprint density at radius 2 is 1.88 bits per heavy atom. The SMILES string of the molecule is Cc1[nH]nc(-c2cc(S(=O)(=O)NCCCc3ccccc3)c(C)s2)c1C. The van der Waals surface area contributed by atoms with Gasteiger partial charge in [0.05, 0.1) is 9.77 Å². The van der Waals surface area contributed by atoms with Gasteiger partial charge < -0.3 is 0 Å². The summed E-state index contributed by atoms with van der Waals surface area (Å²) in [6.07, 6.45) is 1.61. The quantitative estimate of drug-likeness (QED) is 0.600. The molecule has 138 valence electrons. The van der Waals surface area contributed by atoms with Crippen molar-refractivity contribution in [3.05, 3.63) is 58.1 Å². The molecule has 2 heterocycles. The summed E-state index contributed by atoms with van der Waals surface area (Å²) in [5.41, 5.74) is 4.08. The lowest BCUT2D eigenvalue weighted by Crippen LogP contribution is -2.25. The standard InChI is InChI=1S/C19H23N3O2S2/c1-13-14(2)21-22-19(13)17-12-18(15(3)25-17)26(23,24)20-11-7-10-16-8-5-4-6-9-16/h4-6,8-9,12,20H,7,10-11H2,1-3H3,(H,21,22). The third-order valence-corrected chi connectivity index (χ3v) is 7.20. The molecule has 0 aliphatic carbocycles. The topological polar surface area (TPSA) is 74.8 Å². The lowest BCUT2D eigenvalue weighted by molar-refractivity contribution is 0.579. The van der Waals surface area contributed by atoms with Crippen LogP contribution in [-0.4, -0.2) is 25.2 Å². The zero-order valence-corrected chi connectivity index (χ0v) is 16.8. The van der Waals surface area contributed by atoms with Crippen molar-refractivity contribution >= 4 is 21.4 Å². The second kappa shape index (κ2) is 7.73. The number of aromatic amines is 1. The molecule has 0 radical (unpaired) electrons. The van der Waals surface area contributed by atoms with Gasteiger partial charge in [0.15, 0.2) is 0 Å². The number of hydrogen-bond acceptors (Lipinski definition) is 4. The Morgan fingerprint density at radius 1 is 1.15 bits per heavy atom. The summed E-state index contributed by atoms with van der Waals surface area (Å²) in [5.74, 6) is 0. The molecule has 0 aliphatic rings. The normalized spacial score (nSPS) is 11.8. The number of aromatic nitrogens is 2. The van der Waals surface area contributed by atoms with Crippen LogP contribution in [0.4, 0.5) is 0 Å². The Kier molecular flexibility index (Phi) is 5.60. The van der Waals surface area contributed by atoms with E-state index in [1.807, 2.05) is 39.0 Å². The van der Waals surface area contributed by atoms with Crippen LogP contribution in [0.2, 0.25) is 0 Å². The molecule has 0 amide bonds. The number of benzene rings is 1. The van der Waals surface area contributed by atoms with Crippen molar-refractivity contribution in [3.63, 3.8) is 0 Å². The average molecular weight is 390 g/mol. The maximum Gasteiger partial charge on any atom is 0.241 e. The summed E-state index contributed by atoms with van der Waals surface area (Å²) >= 11 is 1.46. The molecule has 0 spiro atoms. The third kappa shape index (κ3) is 4.06. The first kappa shape index (κ1) is 18.8. The second-order valence-electron chi connectivity index (χ2n) is 6.34. The summed E-state index contributed by atoms with van der Waals surface area (Å²) in [7, 11) is -3.52. The summed E-state index contributed by atoms with van der Waals surface area (Å²) in [6, 6.07) is 11.8. The molecule has 0 aliphatic heterocycles. The van der Waals surface area contributed by atoms with Gasteiger partial charge in [-0.25, -0.2) is 13.1 Å². The number of rotatable bonds is 7. The van der Waals surface area contributed by atoms with E-state index in [0.29, 0.717) is 11.4 Å². The Bertz CT molecular complexity index is 989. The number of sulfonamides is 1. The highest BCUT2D eigenvalue weighted by Crippen LogP contribution is 2.34. The Hall–Kier alpha value is -1.96. The molecule has 5 nitrogen and oxygen atoms in total. The van der Waals surface area contributed by atoms with Gasteiger partial charge in [0, 0.05) is 17.1 Å². The number of nitrogens with one attached hydrogen (secondary N) is 2. The minimum absolute atomic E-state index is 0.345. The van der Waals surface area contributed by atoms with Crippen molar-refractivity contribution in [1.29, 1.82) is 0 Å². The first-order chi connectivity index (χ1) is 12.4. The van der Waals surface area contributed by atoms with Gasteiger partial charge in [-0.15, -0.1) is 11.3 Å². The van der Waals surface area contributed by atoms with Gasteiger partial charge >= 0.3 is 0 Å². The fraction of sp³-hybridized carbons (Fsp3) is 0.316. The van der Waals surface area contributed by atoms with Gasteiger partial charge in [0.2, 0.25) is 10.0 Å². The monoisotopic (exact) mass is 389 g/mol. The van der Waals surface area contributed by atoms with Gasteiger partial charge in [-0.3, -0.25) is 5.10 Å². The zero-order valence-electron chi connectivity index (χ0n) is 15.2. The number of aryl methyl sites for hydroxylation is 3. The summed E-state index contributed by atoms with van der Waals surface area (Å²) in [4.78, 5) is 1.99. The van der Waals surface area contributed by atoms with Crippen LogP contribution >= 0.6 is 11.3 Å². The predicted octanol–water partition coefficient (Wildman–Crippen LogP) is 3.97. The summed E-state index contributed by atoms with van der Waals surface area (Å²) in [6.45, 7) is 6.20. The van der Waals surface area contributed by atoms with Gasteiger partial charge in [0.25, 0.3) is 0 Å². The van der Waals surface area contributed by atoms with Crippen molar-refractivity contribution < 1.29 is 8.42 Å². The van der Waals surface area contributed by atoms with Crippen LogP contribution in [0.15, 0.2) is 41.3 Å². The Labute approximate surface area is 158 Å². The van der Waals surface area contributed by atoms with Crippen LogP contribution in [0.5, 0.6) is 0 Å². The molecule has 0 saturated heterocycles. The number of thiophene rings is 1. The van der Waals surface area contributed by atoms with E-state index in [1.54, 1.807) is 6.07 Å². The smallest absolute Gasteiger partial charge is 0.241 e. The highest BCUT2D eigenvalue weighted by molar-refractivity contribution is 7.89. The molecule has 7 heteroatoms. The van der Waals surface area contributed by atoms with Crippen molar-refractivity contribution in [1.82, 2.24) is 14.9 Å². The van der Waals surface area contributed by atoms with E-state index >= 15 is 0 Å². The van der Waals surface area contributed by atoms with Gasteiger partial charge in [-0.1, -0.05) is 30.3 Å². The van der Waals surface area contributed by atoms with E-state index in [4.69, 9.17) is 0 Å². The van der Waals surface area contributed by atoms with Crippen molar-refractivity contribution in [3.8, 4) is 10.6 Å². The number of nitrogens with zero attached hydrogens (tertiary/aromatic N) is 1. The molecule has 0 atom stereocenters. The van der Waals surface area contributed by atoms with Crippen LogP contribution in [0.1, 0.15) is 28.1 Å². The molecule has 26 heavy (non-hydrogen) atoms. The van der Waals surface area contributed by atoms with Crippen LogP contribution in [0.3, 0.4) is 0 Å². The average Bonchev–Trinajstić information content (AvgIpc) is 3.16. The molecule has 2 N–H and O–H groups in total. The second-order valence-corrected chi connectivity index (χ2v) is 9.33. The molecular formula is C19H23N3O2S2. The van der Waals surface area contributed by atoms with E-state index in [2.05, 4.69) is 27.1 Å². The number of H-pyrrole nitrogens is 1. The maximum atomic E-state index is 12.7. The van der Waals surface area contributed by atoms with E-state index in [9.17, 15) is 8.42 Å². The fourth-order valence-electron chi connectivity index (χ4n) is 2.80. The molecule has 0 bridgehead atoms. The van der Waals surface area contributed by atoms with Gasteiger partial charge in [0.1, 0.15) is 5.69 Å². The van der Waals surface area contributed by atoms with E-state index < -0.39 is 10.0 Å². The highest BCUT2D eigenvalue weighted by atomic mass is 32.2. The van der Waals surface area contributed by atoms with Crippen LogP contribution < -0.4 is 4.72 Å². The molecule has 0 unspecified atom stereocenters. The minimum atomic E-state index is -3.52. The van der Waals surface area contributed by atoms with Crippen LogP contribution in [-0.2, 0) is 16.4 Å². The maximum absolute atomic E-state index is 12.7. The lowest BCUT2D eigenvalue weighted by atomic mass is 10.1. The molecular weight excluding hydrogens is 366 g/mol.